The van der Waals surface area contributed by atoms with Crippen molar-refractivity contribution in [3.05, 3.63) is 23.5 Å². The number of nitrogens with zero attached hydrogens (tertiary/aromatic N) is 3. The van der Waals surface area contributed by atoms with Gasteiger partial charge in [0.05, 0.1) is 6.61 Å². The second kappa shape index (κ2) is 6.01. The third-order valence-corrected chi connectivity index (χ3v) is 2.82. The van der Waals surface area contributed by atoms with E-state index < -0.39 is 0 Å². The summed E-state index contributed by atoms with van der Waals surface area (Å²) in [5.74, 6) is 1.68. The fraction of sp³-hybridized carbons (Fsp3) is 0.308. The van der Waals surface area contributed by atoms with Gasteiger partial charge >= 0.3 is 6.01 Å². The molecule has 0 aliphatic carbocycles. The zero-order valence-electron chi connectivity index (χ0n) is 11.3. The highest BCUT2D eigenvalue weighted by Crippen LogP contribution is 2.34. The molecule has 0 saturated heterocycles. The molecule has 1 aliphatic heterocycles. The fourth-order valence-corrected chi connectivity index (χ4v) is 1.90. The number of rotatable bonds is 5. The van der Waals surface area contributed by atoms with Gasteiger partial charge in [0, 0.05) is 11.8 Å². The summed E-state index contributed by atoms with van der Waals surface area (Å²) in [6.45, 7) is 2.74. The van der Waals surface area contributed by atoms with E-state index in [-0.39, 0.29) is 18.1 Å². The molecule has 2 aromatic rings. The van der Waals surface area contributed by atoms with E-state index in [1.165, 1.54) is 0 Å². The quantitative estimate of drug-likeness (QED) is 0.909. The van der Waals surface area contributed by atoms with Gasteiger partial charge in [-0.15, -0.1) is 0 Å². The van der Waals surface area contributed by atoms with Crippen molar-refractivity contribution >= 4 is 23.2 Å². The molecule has 1 N–H and O–H groups in total. The first-order valence-corrected chi connectivity index (χ1v) is 6.83. The minimum absolute atomic E-state index is 0.0688. The van der Waals surface area contributed by atoms with Crippen LogP contribution in [0.5, 0.6) is 17.5 Å². The largest absolute Gasteiger partial charge is 0.463 e. The Labute approximate surface area is 126 Å². The second-order valence-corrected chi connectivity index (χ2v) is 4.59. The number of nitrogens with one attached hydrogen (secondary N) is 1. The maximum atomic E-state index is 5.86. The van der Waals surface area contributed by atoms with Gasteiger partial charge in [0.25, 0.3) is 0 Å². The molecule has 0 radical (unpaired) electrons. The average molecular weight is 309 g/mol. The van der Waals surface area contributed by atoms with Gasteiger partial charge in [-0.2, -0.15) is 15.0 Å². The monoisotopic (exact) mass is 308 g/mol. The summed E-state index contributed by atoms with van der Waals surface area (Å²) in [4.78, 5) is 12.1. The predicted molar refractivity (Wildman–Crippen MR) is 76.5 cm³/mol. The maximum Gasteiger partial charge on any atom is 0.322 e. The molecule has 1 aromatic heterocycles. The van der Waals surface area contributed by atoms with Gasteiger partial charge in [0.1, 0.15) is 0 Å². The molecule has 0 unspecified atom stereocenters. The molecule has 3 rings (SSSR count). The smallest absolute Gasteiger partial charge is 0.322 e. The van der Waals surface area contributed by atoms with Gasteiger partial charge < -0.3 is 19.5 Å². The normalized spacial score (nSPS) is 12.3. The molecule has 0 spiro atoms. The van der Waals surface area contributed by atoms with Crippen LogP contribution in [0.3, 0.4) is 0 Å². The van der Waals surface area contributed by atoms with Gasteiger partial charge in [-0.1, -0.05) is 6.92 Å². The lowest BCUT2D eigenvalue weighted by atomic mass is 10.3. The van der Waals surface area contributed by atoms with E-state index in [2.05, 4.69) is 20.3 Å². The van der Waals surface area contributed by atoms with Crippen LogP contribution in [0.2, 0.25) is 5.28 Å². The topological polar surface area (TPSA) is 78.4 Å². The van der Waals surface area contributed by atoms with E-state index in [4.69, 9.17) is 25.8 Å². The van der Waals surface area contributed by atoms with Crippen LogP contribution in [0.4, 0.5) is 11.6 Å². The zero-order chi connectivity index (χ0) is 14.7. The highest BCUT2D eigenvalue weighted by molar-refractivity contribution is 6.28. The van der Waals surface area contributed by atoms with Crippen LogP contribution >= 0.6 is 11.6 Å². The molecule has 1 aliphatic rings. The standard InChI is InChI=1S/C13H13ClN4O3/c1-2-5-19-13-17-11(14)16-12(18-13)15-8-3-4-9-10(6-8)21-7-20-9/h3-4,6H,2,5,7H2,1H3,(H,15,16,17,18). The molecule has 0 bridgehead atoms. The highest BCUT2D eigenvalue weighted by Gasteiger charge is 2.14. The number of ether oxygens (including phenoxy) is 3. The fourth-order valence-electron chi connectivity index (χ4n) is 1.75. The van der Waals surface area contributed by atoms with Crippen molar-refractivity contribution in [3.63, 3.8) is 0 Å². The lowest BCUT2D eigenvalue weighted by Crippen LogP contribution is -2.04. The summed E-state index contributed by atoms with van der Waals surface area (Å²) in [6, 6.07) is 5.63. The van der Waals surface area contributed by atoms with Crippen LogP contribution in [0, 0.1) is 0 Å². The lowest BCUT2D eigenvalue weighted by Gasteiger charge is -2.08. The summed E-state index contributed by atoms with van der Waals surface area (Å²) in [7, 11) is 0. The van der Waals surface area contributed by atoms with Crippen molar-refractivity contribution in [2.75, 3.05) is 18.7 Å². The molecule has 2 heterocycles. The second-order valence-electron chi connectivity index (χ2n) is 4.25. The number of benzene rings is 1. The molecule has 0 saturated carbocycles. The maximum absolute atomic E-state index is 5.86. The summed E-state index contributed by atoms with van der Waals surface area (Å²) < 4.78 is 15.9. The Morgan fingerprint density at radius 1 is 1.24 bits per heavy atom. The van der Waals surface area contributed by atoms with Crippen molar-refractivity contribution in [3.8, 4) is 17.5 Å². The summed E-state index contributed by atoms with van der Waals surface area (Å²) in [5.41, 5.74) is 0.753. The van der Waals surface area contributed by atoms with Crippen molar-refractivity contribution in [1.29, 1.82) is 0 Å². The number of anilines is 2. The van der Waals surface area contributed by atoms with E-state index in [1.54, 1.807) is 6.07 Å². The van der Waals surface area contributed by atoms with Gasteiger partial charge in [-0.25, -0.2) is 0 Å². The molecule has 0 fully saturated rings. The van der Waals surface area contributed by atoms with E-state index in [0.717, 1.165) is 12.1 Å². The number of hydrogen-bond donors (Lipinski definition) is 1. The summed E-state index contributed by atoms with van der Waals surface area (Å²) >= 11 is 5.86. The van der Waals surface area contributed by atoms with Crippen molar-refractivity contribution < 1.29 is 14.2 Å². The Bertz CT molecular complexity index is 653. The predicted octanol–water partition coefficient (Wildman–Crippen LogP) is 2.79. The summed E-state index contributed by atoms with van der Waals surface area (Å²) in [6.07, 6.45) is 0.855. The van der Waals surface area contributed by atoms with E-state index in [1.807, 2.05) is 19.1 Å². The van der Waals surface area contributed by atoms with Crippen molar-refractivity contribution in [2.24, 2.45) is 0 Å². The number of fused-ring (bicyclic) bond motifs is 1. The highest BCUT2D eigenvalue weighted by atomic mass is 35.5. The Morgan fingerprint density at radius 3 is 2.95 bits per heavy atom. The van der Waals surface area contributed by atoms with Crippen LogP contribution in [-0.4, -0.2) is 28.4 Å². The number of hydrogen-bond acceptors (Lipinski definition) is 7. The summed E-state index contributed by atoms with van der Waals surface area (Å²) in [5, 5.41) is 3.10. The molecule has 0 amide bonds. The first-order valence-electron chi connectivity index (χ1n) is 6.45. The van der Waals surface area contributed by atoms with Crippen LogP contribution in [0.1, 0.15) is 13.3 Å². The van der Waals surface area contributed by atoms with Crippen LogP contribution in [-0.2, 0) is 0 Å². The first-order chi connectivity index (χ1) is 10.2. The van der Waals surface area contributed by atoms with Gasteiger partial charge in [0.15, 0.2) is 11.5 Å². The minimum atomic E-state index is 0.0688. The molecule has 1 aromatic carbocycles. The average Bonchev–Trinajstić information content (AvgIpc) is 2.92. The Balaban J connectivity index is 1.79. The third-order valence-electron chi connectivity index (χ3n) is 2.65. The minimum Gasteiger partial charge on any atom is -0.463 e. The molecule has 7 nitrogen and oxygen atoms in total. The van der Waals surface area contributed by atoms with Crippen LogP contribution in [0.15, 0.2) is 18.2 Å². The SMILES string of the molecule is CCCOc1nc(Cl)nc(Nc2ccc3c(c2)OCO3)n1. The first kappa shape index (κ1) is 13.7. The molecular formula is C13H13ClN4O3. The number of halogens is 1. The molecule has 8 heteroatoms. The lowest BCUT2D eigenvalue weighted by molar-refractivity contribution is 0.174. The molecule has 21 heavy (non-hydrogen) atoms. The van der Waals surface area contributed by atoms with Crippen molar-refractivity contribution in [1.82, 2.24) is 15.0 Å². The van der Waals surface area contributed by atoms with Crippen LogP contribution < -0.4 is 19.5 Å². The van der Waals surface area contributed by atoms with Gasteiger partial charge in [-0.05, 0) is 30.2 Å². The van der Waals surface area contributed by atoms with Crippen LogP contribution in [0.25, 0.3) is 0 Å². The molecular weight excluding hydrogens is 296 g/mol. The van der Waals surface area contributed by atoms with E-state index in [9.17, 15) is 0 Å². The number of aromatic nitrogens is 3. The molecule has 110 valence electrons. The Morgan fingerprint density at radius 2 is 2.10 bits per heavy atom. The van der Waals surface area contributed by atoms with Gasteiger partial charge in [-0.3, -0.25) is 0 Å². The Kier molecular flexibility index (Phi) is 3.92. The van der Waals surface area contributed by atoms with Crippen molar-refractivity contribution in [2.45, 2.75) is 13.3 Å². The third kappa shape index (κ3) is 3.25. The van der Waals surface area contributed by atoms with E-state index in [0.29, 0.717) is 24.1 Å². The van der Waals surface area contributed by atoms with E-state index >= 15 is 0 Å². The molecule has 0 atom stereocenters. The zero-order valence-corrected chi connectivity index (χ0v) is 12.1. The van der Waals surface area contributed by atoms with Gasteiger partial charge in [0.2, 0.25) is 18.0 Å². The Hall–Kier alpha value is -2.28.